The smallest absolute Gasteiger partial charge is 0.252 e. The van der Waals surface area contributed by atoms with E-state index >= 15 is 0 Å². The Hall–Kier alpha value is -3.60. The summed E-state index contributed by atoms with van der Waals surface area (Å²) in [5.74, 6) is -0.792. The van der Waals surface area contributed by atoms with Crippen LogP contribution in [-0.4, -0.2) is 25.9 Å². The maximum absolute atomic E-state index is 13.0. The van der Waals surface area contributed by atoms with Crippen molar-refractivity contribution >= 4 is 17.3 Å². The van der Waals surface area contributed by atoms with Gasteiger partial charge in [-0.05, 0) is 6.07 Å². The Kier molecular flexibility index (Phi) is 3.67. The number of imidazole rings is 1. The largest absolute Gasteiger partial charge is 0.285 e. The highest BCUT2D eigenvalue weighted by molar-refractivity contribution is 6.49. The van der Waals surface area contributed by atoms with E-state index in [1.807, 2.05) is 30.3 Å². The van der Waals surface area contributed by atoms with E-state index in [9.17, 15) is 9.59 Å². The summed E-state index contributed by atoms with van der Waals surface area (Å²) in [7, 11) is 0. The van der Waals surface area contributed by atoms with Crippen molar-refractivity contribution in [2.45, 2.75) is 0 Å². The van der Waals surface area contributed by atoms with Crippen molar-refractivity contribution in [3.63, 3.8) is 0 Å². The van der Waals surface area contributed by atoms with Gasteiger partial charge in [0.15, 0.2) is 0 Å². The molecule has 120 valence electrons. The summed E-state index contributed by atoms with van der Waals surface area (Å²) >= 11 is 0. The number of Topliss-reactive ketones (excluding diaryl/α,β-unsaturated/α-hetero) is 2. The fourth-order valence-electron chi connectivity index (χ4n) is 2.73. The van der Waals surface area contributed by atoms with Crippen LogP contribution in [0.2, 0.25) is 0 Å². The first-order chi connectivity index (χ1) is 12.3. The molecule has 0 fully saturated rings. The quantitative estimate of drug-likeness (QED) is 0.425. The first-order valence-electron chi connectivity index (χ1n) is 7.78. The third-order valence-electron chi connectivity index (χ3n) is 3.91. The SMILES string of the molecule is O=C(C(=O)c1c(-c2ccccc2)nc2ncccn12)c1ccccc1. The number of carbonyl (C=O) groups excluding carboxylic acids is 2. The molecule has 0 saturated carbocycles. The number of hydrogen-bond acceptors (Lipinski definition) is 4. The minimum Gasteiger partial charge on any atom is -0.285 e. The zero-order valence-electron chi connectivity index (χ0n) is 13.2. The van der Waals surface area contributed by atoms with Crippen LogP contribution in [0.3, 0.4) is 0 Å². The van der Waals surface area contributed by atoms with E-state index in [1.54, 1.807) is 53.2 Å². The molecule has 5 nitrogen and oxygen atoms in total. The lowest BCUT2D eigenvalue weighted by atomic mass is 10.0. The molecule has 0 saturated heterocycles. The van der Waals surface area contributed by atoms with E-state index < -0.39 is 11.6 Å². The van der Waals surface area contributed by atoms with Gasteiger partial charge in [-0.2, -0.15) is 0 Å². The summed E-state index contributed by atoms with van der Waals surface area (Å²) in [6.45, 7) is 0. The van der Waals surface area contributed by atoms with Crippen molar-refractivity contribution in [2.24, 2.45) is 0 Å². The van der Waals surface area contributed by atoms with Crippen molar-refractivity contribution in [3.05, 3.63) is 90.4 Å². The van der Waals surface area contributed by atoms with Gasteiger partial charge in [-0.3, -0.25) is 14.0 Å². The maximum atomic E-state index is 13.0. The van der Waals surface area contributed by atoms with E-state index in [4.69, 9.17) is 0 Å². The van der Waals surface area contributed by atoms with Crippen molar-refractivity contribution in [2.75, 3.05) is 0 Å². The monoisotopic (exact) mass is 327 g/mol. The predicted octanol–water partition coefficient (Wildman–Crippen LogP) is 3.46. The summed E-state index contributed by atoms with van der Waals surface area (Å²) in [5.41, 5.74) is 1.79. The third-order valence-corrected chi connectivity index (χ3v) is 3.91. The Morgan fingerprint density at radius 2 is 1.48 bits per heavy atom. The van der Waals surface area contributed by atoms with Gasteiger partial charge in [-0.25, -0.2) is 9.97 Å². The Morgan fingerprint density at radius 1 is 0.800 bits per heavy atom. The second kappa shape index (κ2) is 6.13. The average Bonchev–Trinajstić information content (AvgIpc) is 3.08. The molecule has 0 unspecified atom stereocenters. The molecule has 0 aliphatic heterocycles. The number of aromatic nitrogens is 3. The van der Waals surface area contributed by atoms with Crippen LogP contribution in [0.4, 0.5) is 0 Å². The Balaban J connectivity index is 1.91. The van der Waals surface area contributed by atoms with Gasteiger partial charge < -0.3 is 0 Å². The van der Waals surface area contributed by atoms with Gasteiger partial charge in [0.2, 0.25) is 11.6 Å². The maximum Gasteiger partial charge on any atom is 0.252 e. The molecule has 2 heterocycles. The van der Waals surface area contributed by atoms with E-state index in [2.05, 4.69) is 9.97 Å². The van der Waals surface area contributed by atoms with Crippen LogP contribution in [0, 0.1) is 0 Å². The first kappa shape index (κ1) is 15.0. The van der Waals surface area contributed by atoms with Crippen molar-refractivity contribution in [1.82, 2.24) is 14.4 Å². The van der Waals surface area contributed by atoms with Gasteiger partial charge in [0, 0.05) is 23.5 Å². The molecule has 4 rings (SSSR count). The van der Waals surface area contributed by atoms with Gasteiger partial charge in [0.1, 0.15) is 11.4 Å². The van der Waals surface area contributed by atoms with Crippen molar-refractivity contribution in [3.8, 4) is 11.3 Å². The molecule has 0 radical (unpaired) electrons. The number of fused-ring (bicyclic) bond motifs is 1. The molecule has 5 heteroatoms. The number of nitrogens with zero attached hydrogens (tertiary/aromatic N) is 3. The molecule has 0 aliphatic carbocycles. The Bertz CT molecular complexity index is 1070. The predicted molar refractivity (Wildman–Crippen MR) is 93.5 cm³/mol. The molecule has 2 aromatic carbocycles. The summed E-state index contributed by atoms with van der Waals surface area (Å²) < 4.78 is 1.56. The van der Waals surface area contributed by atoms with Crippen molar-refractivity contribution in [1.29, 1.82) is 0 Å². The van der Waals surface area contributed by atoms with Crippen LogP contribution < -0.4 is 0 Å². The normalized spacial score (nSPS) is 10.7. The Morgan fingerprint density at radius 3 is 2.20 bits per heavy atom. The van der Waals surface area contributed by atoms with Gasteiger partial charge in [0.25, 0.3) is 5.78 Å². The average molecular weight is 327 g/mol. The molecule has 0 bridgehead atoms. The Labute approximate surface area is 143 Å². The lowest BCUT2D eigenvalue weighted by Crippen LogP contribution is -2.17. The lowest BCUT2D eigenvalue weighted by molar-refractivity contribution is 0.0814. The highest BCUT2D eigenvalue weighted by Gasteiger charge is 2.27. The summed E-state index contributed by atoms with van der Waals surface area (Å²) in [6, 6.07) is 19.5. The minimum absolute atomic E-state index is 0.225. The number of rotatable bonds is 4. The van der Waals surface area contributed by atoms with E-state index in [1.165, 1.54) is 0 Å². The van der Waals surface area contributed by atoms with Gasteiger partial charge in [0.05, 0.1) is 0 Å². The minimum atomic E-state index is -0.606. The molecule has 4 aromatic rings. The highest BCUT2D eigenvalue weighted by Crippen LogP contribution is 2.25. The molecular weight excluding hydrogens is 314 g/mol. The second-order valence-electron chi connectivity index (χ2n) is 5.49. The standard InChI is InChI=1S/C20H13N3O2/c24-18(15-10-5-2-6-11-15)19(25)17-16(14-8-3-1-4-9-14)22-20-21-12-7-13-23(17)20/h1-13H. The molecule has 0 aliphatic rings. The van der Waals surface area contributed by atoms with Crippen LogP contribution in [0.1, 0.15) is 20.8 Å². The van der Waals surface area contributed by atoms with Crippen LogP contribution >= 0.6 is 0 Å². The van der Waals surface area contributed by atoms with Crippen LogP contribution in [0.5, 0.6) is 0 Å². The van der Waals surface area contributed by atoms with Gasteiger partial charge >= 0.3 is 0 Å². The first-order valence-corrected chi connectivity index (χ1v) is 7.78. The number of hydrogen-bond donors (Lipinski definition) is 0. The summed E-state index contributed by atoms with van der Waals surface area (Å²) in [5, 5.41) is 0. The zero-order chi connectivity index (χ0) is 17.2. The molecule has 0 atom stereocenters. The number of benzene rings is 2. The lowest BCUT2D eigenvalue weighted by Gasteiger charge is -2.04. The van der Waals surface area contributed by atoms with E-state index in [0.717, 1.165) is 5.56 Å². The van der Waals surface area contributed by atoms with Crippen LogP contribution in [0.25, 0.3) is 17.0 Å². The fraction of sp³-hybridized carbons (Fsp3) is 0. The molecule has 2 aromatic heterocycles. The van der Waals surface area contributed by atoms with Crippen LogP contribution in [-0.2, 0) is 0 Å². The van der Waals surface area contributed by atoms with E-state index in [-0.39, 0.29) is 5.69 Å². The molecule has 0 N–H and O–H groups in total. The zero-order valence-corrected chi connectivity index (χ0v) is 13.2. The topological polar surface area (TPSA) is 64.3 Å². The second-order valence-corrected chi connectivity index (χ2v) is 5.49. The van der Waals surface area contributed by atoms with Crippen LogP contribution in [0.15, 0.2) is 79.1 Å². The highest BCUT2D eigenvalue weighted by atomic mass is 16.2. The number of carbonyl (C=O) groups is 2. The summed E-state index contributed by atoms with van der Waals surface area (Å²) in [6.07, 6.45) is 3.29. The van der Waals surface area contributed by atoms with E-state index in [0.29, 0.717) is 17.0 Å². The molecule has 0 amide bonds. The van der Waals surface area contributed by atoms with Gasteiger partial charge in [-0.15, -0.1) is 0 Å². The number of ketones is 2. The summed E-state index contributed by atoms with van der Waals surface area (Å²) in [4.78, 5) is 34.3. The molecule has 0 spiro atoms. The molecular formula is C20H13N3O2. The van der Waals surface area contributed by atoms with Gasteiger partial charge in [-0.1, -0.05) is 60.7 Å². The third kappa shape index (κ3) is 2.61. The molecule has 25 heavy (non-hydrogen) atoms. The van der Waals surface area contributed by atoms with Crippen molar-refractivity contribution < 1.29 is 9.59 Å². The fourth-order valence-corrected chi connectivity index (χ4v) is 2.73.